The summed E-state index contributed by atoms with van der Waals surface area (Å²) in [5, 5.41) is 2.19. The summed E-state index contributed by atoms with van der Waals surface area (Å²) >= 11 is 0. The number of hydrogen-bond acceptors (Lipinski definition) is 2. The van der Waals surface area contributed by atoms with E-state index in [-0.39, 0.29) is 16.5 Å². The lowest BCUT2D eigenvalue weighted by atomic mass is 9.52. The zero-order valence-corrected chi connectivity index (χ0v) is 12.6. The van der Waals surface area contributed by atoms with Crippen molar-refractivity contribution in [3.63, 3.8) is 0 Å². The van der Waals surface area contributed by atoms with Gasteiger partial charge in [-0.2, -0.15) is 5.06 Å². The lowest BCUT2D eigenvalue weighted by Gasteiger charge is -2.65. The molecular formula is C14H29NO. The third-order valence-corrected chi connectivity index (χ3v) is 5.34. The first kappa shape index (κ1) is 14.0. The summed E-state index contributed by atoms with van der Waals surface area (Å²) in [6.45, 7) is 18.6. The van der Waals surface area contributed by atoms with Crippen LogP contribution in [0.1, 0.15) is 61.8 Å². The number of nitrogens with zero attached hydrogens (tertiary/aromatic N) is 1. The van der Waals surface area contributed by atoms with Gasteiger partial charge in [-0.3, -0.25) is 0 Å². The quantitative estimate of drug-likeness (QED) is 0.674. The number of rotatable bonds is 1. The van der Waals surface area contributed by atoms with Gasteiger partial charge in [-0.05, 0) is 44.9 Å². The summed E-state index contributed by atoms with van der Waals surface area (Å²) < 4.78 is 0. The smallest absolute Gasteiger partial charge is 0.0575 e. The van der Waals surface area contributed by atoms with E-state index in [9.17, 15) is 0 Å². The molecule has 0 bridgehead atoms. The molecular weight excluding hydrogens is 198 g/mol. The van der Waals surface area contributed by atoms with Crippen molar-refractivity contribution in [1.29, 1.82) is 0 Å². The molecule has 16 heavy (non-hydrogen) atoms. The second kappa shape index (κ2) is 3.46. The predicted octanol–water partition coefficient (Wildman–Crippen LogP) is 3.86. The van der Waals surface area contributed by atoms with E-state index in [0.717, 1.165) is 6.42 Å². The van der Waals surface area contributed by atoms with Crippen molar-refractivity contribution in [2.75, 3.05) is 7.11 Å². The summed E-state index contributed by atoms with van der Waals surface area (Å²) in [4.78, 5) is 5.68. The molecule has 0 atom stereocenters. The minimum absolute atomic E-state index is 0.0208. The van der Waals surface area contributed by atoms with Crippen molar-refractivity contribution in [3.05, 3.63) is 0 Å². The Bertz CT molecular complexity index is 276. The highest BCUT2D eigenvalue weighted by Crippen LogP contribution is 2.58. The van der Waals surface area contributed by atoms with Crippen LogP contribution in [0.4, 0.5) is 0 Å². The molecule has 0 aliphatic carbocycles. The molecule has 0 radical (unpaired) electrons. The molecule has 0 aromatic carbocycles. The second-order valence-electron chi connectivity index (χ2n) is 7.53. The Morgan fingerprint density at radius 2 is 1.31 bits per heavy atom. The fourth-order valence-corrected chi connectivity index (χ4v) is 3.69. The van der Waals surface area contributed by atoms with Crippen LogP contribution in [0.25, 0.3) is 0 Å². The molecule has 0 aromatic heterocycles. The van der Waals surface area contributed by atoms with E-state index in [1.54, 1.807) is 7.11 Å². The van der Waals surface area contributed by atoms with E-state index >= 15 is 0 Å². The van der Waals surface area contributed by atoms with Crippen LogP contribution in [0.15, 0.2) is 0 Å². The van der Waals surface area contributed by atoms with Crippen LogP contribution in [-0.4, -0.2) is 23.3 Å². The summed E-state index contributed by atoms with van der Waals surface area (Å²) in [7, 11) is 1.79. The Kier molecular flexibility index (Phi) is 3.02. The number of piperidine rings is 1. The molecule has 1 saturated heterocycles. The van der Waals surface area contributed by atoms with Gasteiger partial charge in [0, 0.05) is 11.1 Å². The second-order valence-corrected chi connectivity index (χ2v) is 7.53. The van der Waals surface area contributed by atoms with E-state index in [4.69, 9.17) is 4.84 Å². The van der Waals surface area contributed by atoms with E-state index < -0.39 is 0 Å². The lowest BCUT2D eigenvalue weighted by Crippen LogP contribution is -2.70. The van der Waals surface area contributed by atoms with E-state index in [2.05, 4.69) is 60.5 Å². The first-order valence-electron chi connectivity index (χ1n) is 6.25. The maximum absolute atomic E-state index is 5.68. The van der Waals surface area contributed by atoms with Crippen LogP contribution in [0.5, 0.6) is 0 Å². The summed E-state index contributed by atoms with van der Waals surface area (Å²) in [5.41, 5.74) is 0.602. The Morgan fingerprint density at radius 1 is 0.875 bits per heavy atom. The zero-order valence-electron chi connectivity index (χ0n) is 12.6. The maximum Gasteiger partial charge on any atom is 0.0575 e. The van der Waals surface area contributed by atoms with Gasteiger partial charge < -0.3 is 4.84 Å². The number of hydrogen-bond donors (Lipinski definition) is 0. The molecule has 1 heterocycles. The fraction of sp³-hybridized carbons (Fsp3) is 1.00. The van der Waals surface area contributed by atoms with Gasteiger partial charge in [-0.25, -0.2) is 0 Å². The van der Waals surface area contributed by atoms with Gasteiger partial charge in [-0.1, -0.05) is 27.7 Å². The summed E-state index contributed by atoms with van der Waals surface area (Å²) in [6, 6.07) is 0. The summed E-state index contributed by atoms with van der Waals surface area (Å²) in [6.07, 6.45) is 1.14. The van der Waals surface area contributed by atoms with E-state index in [1.807, 2.05) is 0 Å². The molecule has 2 nitrogen and oxygen atoms in total. The topological polar surface area (TPSA) is 12.5 Å². The molecule has 1 aliphatic rings. The van der Waals surface area contributed by atoms with Gasteiger partial charge in [0.15, 0.2) is 0 Å². The standard InChI is InChI=1S/C14H29NO/c1-11(2)10-12(3,4)15(16-9)14(7,8)13(11,5)6/h10H2,1-9H3. The molecule has 0 amide bonds. The third kappa shape index (κ3) is 1.62. The Morgan fingerprint density at radius 3 is 1.69 bits per heavy atom. The Hall–Kier alpha value is -0.0800. The van der Waals surface area contributed by atoms with Crippen LogP contribution in [0, 0.1) is 10.8 Å². The molecule has 0 N–H and O–H groups in total. The predicted molar refractivity (Wildman–Crippen MR) is 69.2 cm³/mol. The average Bonchev–Trinajstić information content (AvgIpc) is 1.98. The molecule has 96 valence electrons. The van der Waals surface area contributed by atoms with Crippen LogP contribution < -0.4 is 0 Å². The molecule has 2 heteroatoms. The molecule has 0 aromatic rings. The third-order valence-electron chi connectivity index (χ3n) is 5.34. The minimum Gasteiger partial charge on any atom is -0.301 e. The highest BCUT2D eigenvalue weighted by Gasteiger charge is 2.60. The zero-order chi connectivity index (χ0) is 13.0. The first-order chi connectivity index (χ1) is 6.90. The van der Waals surface area contributed by atoms with Crippen molar-refractivity contribution in [2.24, 2.45) is 10.8 Å². The molecule has 1 aliphatic heterocycles. The SMILES string of the molecule is CON1C(C)(C)CC(C)(C)C(C)(C)C1(C)C. The molecule has 1 rings (SSSR count). The molecule has 1 fully saturated rings. The van der Waals surface area contributed by atoms with Crippen molar-refractivity contribution in [3.8, 4) is 0 Å². The monoisotopic (exact) mass is 227 g/mol. The van der Waals surface area contributed by atoms with Crippen LogP contribution in [0.2, 0.25) is 0 Å². The fourth-order valence-electron chi connectivity index (χ4n) is 3.69. The minimum atomic E-state index is 0.0208. The lowest BCUT2D eigenvalue weighted by molar-refractivity contribution is -0.320. The van der Waals surface area contributed by atoms with Gasteiger partial charge in [-0.15, -0.1) is 0 Å². The molecule has 0 spiro atoms. The molecule has 0 saturated carbocycles. The van der Waals surface area contributed by atoms with Gasteiger partial charge in [0.1, 0.15) is 0 Å². The van der Waals surface area contributed by atoms with Crippen molar-refractivity contribution in [1.82, 2.24) is 5.06 Å². The van der Waals surface area contributed by atoms with Crippen molar-refractivity contribution < 1.29 is 4.84 Å². The van der Waals surface area contributed by atoms with Crippen molar-refractivity contribution in [2.45, 2.75) is 72.9 Å². The van der Waals surface area contributed by atoms with Crippen LogP contribution >= 0.6 is 0 Å². The Labute approximate surface area is 101 Å². The largest absolute Gasteiger partial charge is 0.301 e. The van der Waals surface area contributed by atoms with E-state index in [0.29, 0.717) is 5.41 Å². The van der Waals surface area contributed by atoms with Gasteiger partial charge in [0.25, 0.3) is 0 Å². The summed E-state index contributed by atoms with van der Waals surface area (Å²) in [5.74, 6) is 0. The van der Waals surface area contributed by atoms with Gasteiger partial charge in [0.05, 0.1) is 7.11 Å². The molecule has 0 unspecified atom stereocenters. The first-order valence-corrected chi connectivity index (χ1v) is 6.25. The highest BCUT2D eigenvalue weighted by atomic mass is 16.7. The van der Waals surface area contributed by atoms with Crippen LogP contribution in [0.3, 0.4) is 0 Å². The average molecular weight is 227 g/mol. The number of hydroxylamine groups is 2. The highest BCUT2D eigenvalue weighted by molar-refractivity contribution is 5.10. The van der Waals surface area contributed by atoms with Gasteiger partial charge >= 0.3 is 0 Å². The normalized spacial score (nSPS) is 31.3. The Balaban J connectivity index is 3.30. The van der Waals surface area contributed by atoms with Crippen molar-refractivity contribution >= 4 is 0 Å². The van der Waals surface area contributed by atoms with Crippen LogP contribution in [-0.2, 0) is 4.84 Å². The van der Waals surface area contributed by atoms with Gasteiger partial charge in [0.2, 0.25) is 0 Å². The maximum atomic E-state index is 5.68. The van der Waals surface area contributed by atoms with E-state index in [1.165, 1.54) is 0 Å².